The third-order valence-electron chi connectivity index (χ3n) is 5.99. The monoisotopic (exact) mass is 394 g/mol. The van der Waals surface area contributed by atoms with Gasteiger partial charge in [-0.3, -0.25) is 9.69 Å². The van der Waals surface area contributed by atoms with Crippen molar-refractivity contribution in [1.29, 1.82) is 0 Å². The molecular formula is C24H30N2O3. The number of aliphatic hydroxyl groups is 1. The predicted octanol–water partition coefficient (Wildman–Crippen LogP) is 3.08. The molecule has 2 aromatic rings. The zero-order chi connectivity index (χ0) is 20.2. The fourth-order valence-corrected chi connectivity index (χ4v) is 4.41. The molecule has 29 heavy (non-hydrogen) atoms. The molecule has 1 heterocycles. The molecule has 0 amide bonds. The summed E-state index contributed by atoms with van der Waals surface area (Å²) in [5.74, 6) is 0.947. The van der Waals surface area contributed by atoms with Crippen LogP contribution in [-0.4, -0.2) is 61.2 Å². The number of hydrogen-bond donors (Lipinski definition) is 1. The highest BCUT2D eigenvalue weighted by Gasteiger charge is 2.22. The molecule has 5 nitrogen and oxygen atoms in total. The minimum Gasteiger partial charge on any atom is -0.491 e. The molecule has 5 heteroatoms. The van der Waals surface area contributed by atoms with Crippen molar-refractivity contribution in [1.82, 2.24) is 4.90 Å². The first kappa shape index (κ1) is 19.9. The van der Waals surface area contributed by atoms with Gasteiger partial charge < -0.3 is 14.7 Å². The third-order valence-corrected chi connectivity index (χ3v) is 5.99. The Kier molecular flexibility index (Phi) is 6.16. The fraction of sp³-hybridized carbons (Fsp3) is 0.458. The van der Waals surface area contributed by atoms with E-state index < -0.39 is 6.10 Å². The Morgan fingerprint density at radius 3 is 2.62 bits per heavy atom. The Hall–Kier alpha value is -2.37. The molecular weight excluding hydrogens is 364 g/mol. The number of ketones is 1. The van der Waals surface area contributed by atoms with Crippen LogP contribution < -0.4 is 9.64 Å². The van der Waals surface area contributed by atoms with Gasteiger partial charge in [0.25, 0.3) is 0 Å². The minimum absolute atomic E-state index is 0.198. The number of para-hydroxylation sites is 1. The lowest BCUT2D eigenvalue weighted by molar-refractivity contribution is 0.0658. The van der Waals surface area contributed by atoms with E-state index in [-0.39, 0.29) is 12.4 Å². The summed E-state index contributed by atoms with van der Waals surface area (Å²) in [4.78, 5) is 16.8. The van der Waals surface area contributed by atoms with Crippen LogP contribution in [0.4, 0.5) is 5.69 Å². The lowest BCUT2D eigenvalue weighted by Gasteiger charge is -2.37. The molecule has 1 atom stereocenters. The highest BCUT2D eigenvalue weighted by molar-refractivity contribution is 5.99. The molecule has 154 valence electrons. The number of benzene rings is 2. The van der Waals surface area contributed by atoms with Crippen molar-refractivity contribution >= 4 is 11.5 Å². The van der Waals surface area contributed by atoms with Gasteiger partial charge in [0.2, 0.25) is 0 Å². The Labute approximate surface area is 172 Å². The molecule has 0 spiro atoms. The highest BCUT2D eigenvalue weighted by Crippen LogP contribution is 2.29. The van der Waals surface area contributed by atoms with Crippen LogP contribution in [0.3, 0.4) is 0 Å². The number of hydrogen-bond acceptors (Lipinski definition) is 5. The standard InChI is InChI=1S/C24H30N2O3/c1-18-6-2-3-9-22(18)26-14-12-25(13-15-26)16-19(27)17-29-24-11-5-7-20-21(24)8-4-10-23(20)28/h2-3,5-7,9,11,19,27H,4,8,10,12-17H2,1H3. The van der Waals surface area contributed by atoms with Crippen LogP contribution in [0.5, 0.6) is 5.75 Å². The number of carbonyl (C=O) groups is 1. The number of Topliss-reactive ketones (excluding diaryl/α,β-unsaturated/α-hetero) is 1. The largest absolute Gasteiger partial charge is 0.491 e. The molecule has 1 unspecified atom stereocenters. The predicted molar refractivity (Wildman–Crippen MR) is 115 cm³/mol. The molecule has 1 saturated heterocycles. The van der Waals surface area contributed by atoms with Crippen LogP contribution in [0, 0.1) is 6.92 Å². The molecule has 1 N–H and O–H groups in total. The van der Waals surface area contributed by atoms with Crippen LogP contribution in [0.15, 0.2) is 42.5 Å². The van der Waals surface area contributed by atoms with Gasteiger partial charge in [-0.25, -0.2) is 0 Å². The summed E-state index contributed by atoms with van der Waals surface area (Å²) in [6.07, 6.45) is 1.82. The van der Waals surface area contributed by atoms with Gasteiger partial charge in [0.15, 0.2) is 5.78 Å². The average Bonchev–Trinajstić information content (AvgIpc) is 2.74. The average molecular weight is 395 g/mol. The molecule has 2 aromatic carbocycles. The van der Waals surface area contributed by atoms with Crippen LogP contribution in [-0.2, 0) is 6.42 Å². The van der Waals surface area contributed by atoms with E-state index in [2.05, 4.69) is 41.0 Å². The second-order valence-electron chi connectivity index (χ2n) is 8.10. The number of aliphatic hydroxyl groups excluding tert-OH is 1. The van der Waals surface area contributed by atoms with Crippen molar-refractivity contribution < 1.29 is 14.6 Å². The molecule has 1 aliphatic heterocycles. The van der Waals surface area contributed by atoms with Gasteiger partial charge in [0.05, 0.1) is 0 Å². The molecule has 0 bridgehead atoms. The van der Waals surface area contributed by atoms with Crippen LogP contribution in [0.1, 0.15) is 34.3 Å². The summed E-state index contributed by atoms with van der Waals surface area (Å²) in [6.45, 7) is 6.80. The first-order valence-electron chi connectivity index (χ1n) is 10.6. The van der Waals surface area contributed by atoms with Crippen molar-refractivity contribution in [3.05, 3.63) is 59.2 Å². The van der Waals surface area contributed by atoms with Gasteiger partial charge in [-0.2, -0.15) is 0 Å². The number of carbonyl (C=O) groups excluding carboxylic acids is 1. The molecule has 0 saturated carbocycles. The number of piperazine rings is 1. The lowest BCUT2D eigenvalue weighted by Crippen LogP contribution is -2.49. The zero-order valence-corrected chi connectivity index (χ0v) is 17.1. The van der Waals surface area contributed by atoms with Crippen molar-refractivity contribution in [2.75, 3.05) is 44.2 Å². The fourth-order valence-electron chi connectivity index (χ4n) is 4.41. The summed E-state index contributed by atoms with van der Waals surface area (Å²) in [5, 5.41) is 10.5. The Bertz CT molecular complexity index is 859. The van der Waals surface area contributed by atoms with E-state index in [1.807, 2.05) is 18.2 Å². The van der Waals surface area contributed by atoms with Gasteiger partial charge in [0.1, 0.15) is 18.5 Å². The van der Waals surface area contributed by atoms with E-state index in [9.17, 15) is 9.90 Å². The highest BCUT2D eigenvalue weighted by atomic mass is 16.5. The van der Waals surface area contributed by atoms with Crippen molar-refractivity contribution in [2.45, 2.75) is 32.3 Å². The van der Waals surface area contributed by atoms with Gasteiger partial charge in [-0.15, -0.1) is 0 Å². The molecule has 0 radical (unpaired) electrons. The molecule has 0 aromatic heterocycles. The number of fused-ring (bicyclic) bond motifs is 1. The van der Waals surface area contributed by atoms with E-state index in [4.69, 9.17) is 4.74 Å². The number of rotatable bonds is 6. The second-order valence-corrected chi connectivity index (χ2v) is 8.10. The maximum absolute atomic E-state index is 12.1. The number of anilines is 1. The van der Waals surface area contributed by atoms with E-state index in [0.29, 0.717) is 13.0 Å². The van der Waals surface area contributed by atoms with E-state index in [1.54, 1.807) is 0 Å². The minimum atomic E-state index is -0.546. The topological polar surface area (TPSA) is 53.0 Å². The van der Waals surface area contributed by atoms with E-state index in [1.165, 1.54) is 11.3 Å². The third kappa shape index (κ3) is 4.62. The second kappa shape index (κ2) is 8.97. The quantitative estimate of drug-likeness (QED) is 0.816. The van der Waals surface area contributed by atoms with Crippen LogP contribution >= 0.6 is 0 Å². The first-order valence-corrected chi connectivity index (χ1v) is 10.6. The number of aryl methyl sites for hydroxylation is 1. The van der Waals surface area contributed by atoms with E-state index in [0.717, 1.165) is 55.9 Å². The van der Waals surface area contributed by atoms with Gasteiger partial charge >= 0.3 is 0 Å². The Balaban J connectivity index is 1.27. The maximum Gasteiger partial charge on any atom is 0.163 e. The molecule has 1 fully saturated rings. The number of β-amino-alcohol motifs (C(OH)–C–C–N with tert-alkyl or cyclic N) is 1. The molecule has 4 rings (SSSR count). The summed E-state index contributed by atoms with van der Waals surface area (Å²) in [7, 11) is 0. The smallest absolute Gasteiger partial charge is 0.163 e. The summed E-state index contributed by atoms with van der Waals surface area (Å²) in [5.41, 5.74) is 4.40. The lowest BCUT2D eigenvalue weighted by atomic mass is 9.90. The van der Waals surface area contributed by atoms with Crippen LogP contribution in [0.2, 0.25) is 0 Å². The number of ether oxygens (including phenoxy) is 1. The van der Waals surface area contributed by atoms with Gasteiger partial charge in [-0.1, -0.05) is 30.3 Å². The SMILES string of the molecule is Cc1ccccc1N1CCN(CC(O)COc2cccc3c2CCCC3=O)CC1. The molecule has 1 aliphatic carbocycles. The summed E-state index contributed by atoms with van der Waals surface area (Å²) in [6, 6.07) is 14.2. The van der Waals surface area contributed by atoms with Gasteiger partial charge in [0, 0.05) is 56.0 Å². The normalized spacial score (nSPS) is 18.4. The van der Waals surface area contributed by atoms with E-state index >= 15 is 0 Å². The Morgan fingerprint density at radius 2 is 1.83 bits per heavy atom. The van der Waals surface area contributed by atoms with Crippen LogP contribution in [0.25, 0.3) is 0 Å². The zero-order valence-electron chi connectivity index (χ0n) is 17.1. The summed E-state index contributed by atoms with van der Waals surface area (Å²) < 4.78 is 5.92. The van der Waals surface area contributed by atoms with Gasteiger partial charge in [-0.05, 0) is 37.5 Å². The maximum atomic E-state index is 12.1. The van der Waals surface area contributed by atoms with Crippen molar-refractivity contribution in [3.63, 3.8) is 0 Å². The number of nitrogens with zero attached hydrogens (tertiary/aromatic N) is 2. The van der Waals surface area contributed by atoms with Crippen molar-refractivity contribution in [3.8, 4) is 5.75 Å². The first-order chi connectivity index (χ1) is 14.1. The molecule has 2 aliphatic rings. The van der Waals surface area contributed by atoms with Crippen molar-refractivity contribution in [2.24, 2.45) is 0 Å². The Morgan fingerprint density at radius 1 is 1.03 bits per heavy atom. The summed E-state index contributed by atoms with van der Waals surface area (Å²) >= 11 is 0.